The summed E-state index contributed by atoms with van der Waals surface area (Å²) >= 11 is 0. The summed E-state index contributed by atoms with van der Waals surface area (Å²) in [6, 6.07) is 1.68. The Kier molecular flexibility index (Phi) is 3.13. The van der Waals surface area contributed by atoms with Gasteiger partial charge in [0.05, 0.1) is 26.9 Å². The fourth-order valence-corrected chi connectivity index (χ4v) is 2.01. The Morgan fingerprint density at radius 1 is 1.35 bits per heavy atom. The number of ether oxygens (including phenoxy) is 3. The summed E-state index contributed by atoms with van der Waals surface area (Å²) in [6.07, 6.45) is -1.08. The molecule has 1 heterocycles. The van der Waals surface area contributed by atoms with Crippen molar-refractivity contribution in [1.82, 2.24) is 0 Å². The van der Waals surface area contributed by atoms with Gasteiger partial charge < -0.3 is 24.4 Å². The lowest BCUT2D eigenvalue weighted by Gasteiger charge is -2.29. The van der Waals surface area contributed by atoms with E-state index in [2.05, 4.69) is 0 Å². The Bertz CT molecular complexity index is 429. The number of phenols is 1. The standard InChI is InChI=1S/C12H16O5/c1-6-10(13)7-4-9(15-2)12(16-3)11(14)8(7)5-17-6/h4,6,10,13-14H,5H2,1-3H3/t6-,10-/m1/s1. The molecule has 0 saturated carbocycles. The molecule has 5 nitrogen and oxygen atoms in total. The van der Waals surface area contributed by atoms with E-state index in [0.29, 0.717) is 16.9 Å². The zero-order valence-corrected chi connectivity index (χ0v) is 10.1. The van der Waals surface area contributed by atoms with Crippen LogP contribution < -0.4 is 9.47 Å². The number of benzene rings is 1. The van der Waals surface area contributed by atoms with Crippen LogP contribution in [0.15, 0.2) is 6.07 Å². The lowest BCUT2D eigenvalue weighted by atomic mass is 9.95. The van der Waals surface area contributed by atoms with E-state index < -0.39 is 6.10 Å². The first-order chi connectivity index (χ1) is 8.10. The van der Waals surface area contributed by atoms with Crippen LogP contribution in [0.4, 0.5) is 0 Å². The van der Waals surface area contributed by atoms with E-state index in [1.165, 1.54) is 14.2 Å². The molecular formula is C12H16O5. The number of aliphatic hydroxyl groups excluding tert-OH is 1. The maximum atomic E-state index is 10.1. The molecular weight excluding hydrogens is 224 g/mol. The summed E-state index contributed by atoms with van der Waals surface area (Å²) in [5, 5.41) is 20.1. The summed E-state index contributed by atoms with van der Waals surface area (Å²) in [4.78, 5) is 0. The largest absolute Gasteiger partial charge is 0.504 e. The van der Waals surface area contributed by atoms with E-state index in [-0.39, 0.29) is 24.2 Å². The number of methoxy groups -OCH3 is 2. The molecule has 0 amide bonds. The van der Waals surface area contributed by atoms with Crippen molar-refractivity contribution >= 4 is 0 Å². The van der Waals surface area contributed by atoms with E-state index in [0.717, 1.165) is 0 Å². The molecule has 0 aliphatic carbocycles. The maximum Gasteiger partial charge on any atom is 0.203 e. The predicted octanol–water partition coefficient (Wildman–Crippen LogP) is 1.36. The van der Waals surface area contributed by atoms with Crippen LogP contribution in [-0.2, 0) is 11.3 Å². The number of aromatic hydroxyl groups is 1. The van der Waals surface area contributed by atoms with Gasteiger partial charge in [-0.25, -0.2) is 0 Å². The molecule has 0 radical (unpaired) electrons. The van der Waals surface area contributed by atoms with Crippen molar-refractivity contribution in [1.29, 1.82) is 0 Å². The molecule has 0 saturated heterocycles. The molecule has 1 aliphatic heterocycles. The van der Waals surface area contributed by atoms with Crippen molar-refractivity contribution in [2.75, 3.05) is 14.2 Å². The van der Waals surface area contributed by atoms with Gasteiger partial charge in [-0.2, -0.15) is 0 Å². The molecule has 94 valence electrons. The first-order valence-electron chi connectivity index (χ1n) is 5.36. The van der Waals surface area contributed by atoms with Gasteiger partial charge in [0.15, 0.2) is 11.5 Å². The van der Waals surface area contributed by atoms with Gasteiger partial charge in [0, 0.05) is 5.56 Å². The molecule has 17 heavy (non-hydrogen) atoms. The topological polar surface area (TPSA) is 68.2 Å². The predicted molar refractivity (Wildman–Crippen MR) is 60.4 cm³/mol. The van der Waals surface area contributed by atoms with Crippen molar-refractivity contribution < 1.29 is 24.4 Å². The lowest BCUT2D eigenvalue weighted by Crippen LogP contribution is -2.25. The molecule has 0 fully saturated rings. The third kappa shape index (κ3) is 1.81. The smallest absolute Gasteiger partial charge is 0.203 e. The quantitative estimate of drug-likeness (QED) is 0.817. The third-order valence-electron chi connectivity index (χ3n) is 3.04. The van der Waals surface area contributed by atoms with Gasteiger partial charge >= 0.3 is 0 Å². The summed E-state index contributed by atoms with van der Waals surface area (Å²) in [5.74, 6) is 0.626. The van der Waals surface area contributed by atoms with E-state index in [9.17, 15) is 10.2 Å². The van der Waals surface area contributed by atoms with E-state index in [4.69, 9.17) is 14.2 Å². The van der Waals surface area contributed by atoms with Crippen LogP contribution in [-0.4, -0.2) is 30.5 Å². The van der Waals surface area contributed by atoms with Gasteiger partial charge in [-0.15, -0.1) is 0 Å². The van der Waals surface area contributed by atoms with Gasteiger partial charge in [-0.1, -0.05) is 0 Å². The summed E-state index contributed by atoms with van der Waals surface area (Å²) in [7, 11) is 2.94. The maximum absolute atomic E-state index is 10.1. The summed E-state index contributed by atoms with van der Waals surface area (Å²) in [6.45, 7) is 2.03. The van der Waals surface area contributed by atoms with Crippen LogP contribution in [0.2, 0.25) is 0 Å². The number of hydrogen-bond acceptors (Lipinski definition) is 5. The Morgan fingerprint density at radius 2 is 2.06 bits per heavy atom. The summed E-state index contributed by atoms with van der Waals surface area (Å²) < 4.78 is 15.6. The van der Waals surface area contributed by atoms with Crippen LogP contribution >= 0.6 is 0 Å². The minimum Gasteiger partial charge on any atom is -0.504 e. The van der Waals surface area contributed by atoms with Crippen LogP contribution in [0.5, 0.6) is 17.2 Å². The molecule has 0 bridgehead atoms. The molecule has 0 aromatic heterocycles. The lowest BCUT2D eigenvalue weighted by molar-refractivity contribution is -0.0534. The molecule has 2 atom stereocenters. The highest BCUT2D eigenvalue weighted by atomic mass is 16.5. The third-order valence-corrected chi connectivity index (χ3v) is 3.04. The molecule has 0 spiro atoms. The van der Waals surface area contributed by atoms with Crippen LogP contribution in [0.3, 0.4) is 0 Å². The van der Waals surface area contributed by atoms with Gasteiger partial charge in [-0.05, 0) is 18.6 Å². The number of hydrogen-bond donors (Lipinski definition) is 2. The normalized spacial score (nSPS) is 23.1. The van der Waals surface area contributed by atoms with E-state index in [1.54, 1.807) is 13.0 Å². The SMILES string of the molecule is COc1cc2c(c(O)c1OC)CO[C@H](C)[C@H]2O. The van der Waals surface area contributed by atoms with Crippen LogP contribution in [0, 0.1) is 0 Å². The minimum atomic E-state index is -0.774. The molecule has 2 N–H and O–H groups in total. The molecule has 0 unspecified atom stereocenters. The second-order valence-electron chi connectivity index (χ2n) is 3.99. The Labute approximate surface area is 99.5 Å². The Balaban J connectivity index is 2.60. The molecule has 1 aromatic rings. The fraction of sp³-hybridized carbons (Fsp3) is 0.500. The highest BCUT2D eigenvalue weighted by Gasteiger charge is 2.30. The second kappa shape index (κ2) is 4.43. The number of rotatable bonds is 2. The van der Waals surface area contributed by atoms with Gasteiger partial charge in [-0.3, -0.25) is 0 Å². The summed E-state index contributed by atoms with van der Waals surface area (Å²) in [5.41, 5.74) is 1.17. The Hall–Kier alpha value is -1.46. The zero-order chi connectivity index (χ0) is 12.6. The highest BCUT2D eigenvalue weighted by molar-refractivity contribution is 5.59. The van der Waals surface area contributed by atoms with Crippen molar-refractivity contribution in [3.05, 3.63) is 17.2 Å². The second-order valence-corrected chi connectivity index (χ2v) is 3.99. The highest BCUT2D eigenvalue weighted by Crippen LogP contribution is 2.45. The fourth-order valence-electron chi connectivity index (χ4n) is 2.01. The van der Waals surface area contributed by atoms with Gasteiger partial charge in [0.1, 0.15) is 6.10 Å². The monoisotopic (exact) mass is 240 g/mol. The Morgan fingerprint density at radius 3 is 2.65 bits per heavy atom. The molecule has 5 heteroatoms. The van der Waals surface area contributed by atoms with E-state index >= 15 is 0 Å². The van der Waals surface area contributed by atoms with Crippen LogP contribution in [0.25, 0.3) is 0 Å². The number of aliphatic hydroxyl groups is 1. The average molecular weight is 240 g/mol. The number of phenolic OH excluding ortho intramolecular Hbond substituents is 1. The van der Waals surface area contributed by atoms with Gasteiger partial charge in [0.2, 0.25) is 5.75 Å². The van der Waals surface area contributed by atoms with Crippen molar-refractivity contribution in [3.8, 4) is 17.2 Å². The first kappa shape index (κ1) is 12.0. The zero-order valence-electron chi connectivity index (χ0n) is 10.1. The first-order valence-corrected chi connectivity index (χ1v) is 5.36. The number of fused-ring (bicyclic) bond motifs is 1. The minimum absolute atomic E-state index is 0.0344. The van der Waals surface area contributed by atoms with Gasteiger partial charge in [0.25, 0.3) is 0 Å². The van der Waals surface area contributed by atoms with Crippen molar-refractivity contribution in [3.63, 3.8) is 0 Å². The van der Waals surface area contributed by atoms with Crippen molar-refractivity contribution in [2.45, 2.75) is 25.7 Å². The molecule has 1 aliphatic rings. The van der Waals surface area contributed by atoms with Crippen LogP contribution in [0.1, 0.15) is 24.2 Å². The molecule has 2 rings (SSSR count). The van der Waals surface area contributed by atoms with Crippen molar-refractivity contribution in [2.24, 2.45) is 0 Å². The average Bonchev–Trinajstić information content (AvgIpc) is 2.33. The van der Waals surface area contributed by atoms with E-state index in [1.807, 2.05) is 0 Å². The molecule has 1 aromatic carbocycles.